The minimum Gasteiger partial charge on any atom is -0.497 e. The van der Waals surface area contributed by atoms with Crippen LogP contribution in [-0.4, -0.2) is 30.6 Å². The molecule has 0 atom stereocenters. The summed E-state index contributed by atoms with van der Waals surface area (Å²) in [6.45, 7) is 2.69. The van der Waals surface area contributed by atoms with E-state index >= 15 is 0 Å². The average Bonchev–Trinajstić information content (AvgIpc) is 3.09. The van der Waals surface area contributed by atoms with Gasteiger partial charge in [-0.1, -0.05) is 31.0 Å². The zero-order chi connectivity index (χ0) is 22.4. The second kappa shape index (κ2) is 10.6. The standard InChI is InChI=1S/C22H22ClN3O3S2/c1-3-4-10-24-20(27)13-6-5-7-14(11-13)25-22(30)26-21(28)19-18(23)16-9-8-15(29-2)12-17(16)31-19/h5-9,11-12H,3-4,10H2,1-2H3,(H,24,27)(H2,25,26,28,30). The van der Waals surface area contributed by atoms with Gasteiger partial charge in [-0.25, -0.2) is 0 Å². The number of rotatable bonds is 7. The summed E-state index contributed by atoms with van der Waals surface area (Å²) < 4.78 is 6.06. The van der Waals surface area contributed by atoms with Gasteiger partial charge in [0, 0.05) is 27.9 Å². The van der Waals surface area contributed by atoms with Gasteiger partial charge in [0.2, 0.25) is 0 Å². The molecule has 2 aromatic carbocycles. The third kappa shape index (κ3) is 5.72. The molecule has 3 rings (SSSR count). The number of carbonyl (C=O) groups is 2. The van der Waals surface area contributed by atoms with Gasteiger partial charge >= 0.3 is 0 Å². The molecule has 1 aromatic heterocycles. The first kappa shape index (κ1) is 23.0. The number of anilines is 1. The van der Waals surface area contributed by atoms with Gasteiger partial charge in [-0.3, -0.25) is 14.9 Å². The number of halogens is 1. The monoisotopic (exact) mass is 475 g/mol. The highest BCUT2D eigenvalue weighted by Crippen LogP contribution is 2.37. The maximum absolute atomic E-state index is 12.7. The lowest BCUT2D eigenvalue weighted by Crippen LogP contribution is -2.33. The van der Waals surface area contributed by atoms with Crippen molar-refractivity contribution in [2.45, 2.75) is 19.8 Å². The highest BCUT2D eigenvalue weighted by atomic mass is 35.5. The Morgan fingerprint density at radius 3 is 2.71 bits per heavy atom. The normalized spacial score (nSPS) is 10.5. The largest absolute Gasteiger partial charge is 0.497 e. The van der Waals surface area contributed by atoms with Crippen molar-refractivity contribution in [3.8, 4) is 5.75 Å². The molecule has 2 amide bonds. The van der Waals surface area contributed by atoms with E-state index in [1.165, 1.54) is 11.3 Å². The fourth-order valence-electron chi connectivity index (χ4n) is 2.86. The molecule has 3 aromatic rings. The van der Waals surface area contributed by atoms with Crippen molar-refractivity contribution in [2.24, 2.45) is 0 Å². The molecule has 0 unspecified atom stereocenters. The van der Waals surface area contributed by atoms with Gasteiger partial charge in [-0.2, -0.15) is 0 Å². The number of fused-ring (bicyclic) bond motifs is 1. The summed E-state index contributed by atoms with van der Waals surface area (Å²) >= 11 is 12.9. The number of amides is 2. The van der Waals surface area contributed by atoms with Crippen LogP contribution in [0.25, 0.3) is 10.1 Å². The summed E-state index contributed by atoms with van der Waals surface area (Å²) in [6, 6.07) is 12.4. The molecule has 0 saturated heterocycles. The summed E-state index contributed by atoms with van der Waals surface area (Å²) in [5.41, 5.74) is 1.11. The molecule has 0 saturated carbocycles. The summed E-state index contributed by atoms with van der Waals surface area (Å²) in [7, 11) is 1.58. The van der Waals surface area contributed by atoms with E-state index < -0.39 is 5.91 Å². The van der Waals surface area contributed by atoms with Crippen molar-refractivity contribution in [3.05, 3.63) is 57.9 Å². The zero-order valence-electron chi connectivity index (χ0n) is 17.1. The van der Waals surface area contributed by atoms with Crippen LogP contribution in [0.15, 0.2) is 42.5 Å². The highest BCUT2D eigenvalue weighted by Gasteiger charge is 2.18. The Kier molecular flexibility index (Phi) is 7.84. The number of ether oxygens (including phenoxy) is 1. The molecular formula is C22H22ClN3O3S2. The molecule has 0 fully saturated rings. The first-order valence-corrected chi connectivity index (χ1v) is 11.3. The number of unbranched alkanes of at least 4 members (excludes halogenated alkanes) is 1. The van der Waals surface area contributed by atoms with Gasteiger partial charge in [0.05, 0.1) is 12.1 Å². The third-order valence-corrected chi connectivity index (χ3v) is 6.33. The number of thiocarbonyl (C=S) groups is 1. The van der Waals surface area contributed by atoms with Crippen LogP contribution < -0.4 is 20.7 Å². The quantitative estimate of drug-likeness (QED) is 0.322. The van der Waals surface area contributed by atoms with Gasteiger partial charge in [0.15, 0.2) is 5.11 Å². The average molecular weight is 476 g/mol. The van der Waals surface area contributed by atoms with Gasteiger partial charge in [0.1, 0.15) is 10.6 Å². The van der Waals surface area contributed by atoms with E-state index in [1.807, 2.05) is 12.1 Å². The highest BCUT2D eigenvalue weighted by molar-refractivity contribution is 7.80. The van der Waals surface area contributed by atoms with Crippen LogP contribution in [0.1, 0.15) is 39.8 Å². The van der Waals surface area contributed by atoms with E-state index in [2.05, 4.69) is 22.9 Å². The van der Waals surface area contributed by atoms with Crippen molar-refractivity contribution < 1.29 is 14.3 Å². The minimum absolute atomic E-state index is 0.111. The summed E-state index contributed by atoms with van der Waals surface area (Å²) in [5.74, 6) is 0.129. The van der Waals surface area contributed by atoms with Crippen LogP contribution in [0.2, 0.25) is 5.02 Å². The predicted octanol–water partition coefficient (Wildman–Crippen LogP) is 5.22. The molecule has 0 bridgehead atoms. The lowest BCUT2D eigenvalue weighted by molar-refractivity contribution is 0.0951. The molecule has 3 N–H and O–H groups in total. The number of hydrogen-bond acceptors (Lipinski definition) is 5. The van der Waals surface area contributed by atoms with E-state index in [4.69, 9.17) is 28.6 Å². The maximum Gasteiger partial charge on any atom is 0.269 e. The Hall–Kier alpha value is -2.68. The maximum atomic E-state index is 12.7. The molecule has 31 heavy (non-hydrogen) atoms. The van der Waals surface area contributed by atoms with Crippen LogP contribution >= 0.6 is 35.2 Å². The number of carbonyl (C=O) groups excluding carboxylic acids is 2. The Morgan fingerprint density at radius 1 is 1.16 bits per heavy atom. The fraction of sp³-hybridized carbons (Fsp3) is 0.227. The van der Waals surface area contributed by atoms with E-state index in [0.717, 1.165) is 22.9 Å². The Labute approximate surface area is 194 Å². The lowest BCUT2D eigenvalue weighted by Gasteiger charge is -2.10. The number of benzene rings is 2. The molecule has 1 heterocycles. The van der Waals surface area contributed by atoms with E-state index in [0.29, 0.717) is 33.4 Å². The SMILES string of the molecule is CCCCNC(=O)c1cccc(NC(=S)NC(=O)c2sc3cc(OC)ccc3c2Cl)c1. The molecular weight excluding hydrogens is 454 g/mol. The summed E-state index contributed by atoms with van der Waals surface area (Å²) in [5, 5.41) is 9.70. The van der Waals surface area contributed by atoms with Crippen molar-refractivity contribution in [2.75, 3.05) is 19.0 Å². The first-order chi connectivity index (χ1) is 14.9. The predicted molar refractivity (Wildman–Crippen MR) is 131 cm³/mol. The van der Waals surface area contributed by atoms with Crippen molar-refractivity contribution >= 4 is 67.9 Å². The van der Waals surface area contributed by atoms with Gasteiger partial charge in [0.25, 0.3) is 11.8 Å². The lowest BCUT2D eigenvalue weighted by atomic mass is 10.2. The fourth-order valence-corrected chi connectivity index (χ4v) is 4.51. The minimum atomic E-state index is -0.406. The molecule has 0 aliphatic heterocycles. The first-order valence-electron chi connectivity index (χ1n) is 9.69. The summed E-state index contributed by atoms with van der Waals surface area (Å²) in [6.07, 6.45) is 1.93. The van der Waals surface area contributed by atoms with Crippen molar-refractivity contribution in [3.63, 3.8) is 0 Å². The van der Waals surface area contributed by atoms with Crippen LogP contribution in [0.5, 0.6) is 5.75 Å². The second-order valence-corrected chi connectivity index (χ2v) is 8.54. The third-order valence-electron chi connectivity index (χ3n) is 4.47. The van der Waals surface area contributed by atoms with Gasteiger partial charge in [-0.15, -0.1) is 11.3 Å². The number of methoxy groups -OCH3 is 1. The summed E-state index contributed by atoms with van der Waals surface area (Å²) in [4.78, 5) is 25.3. The molecule has 0 radical (unpaired) electrons. The Bertz CT molecular complexity index is 1130. The van der Waals surface area contributed by atoms with Crippen LogP contribution in [-0.2, 0) is 0 Å². The second-order valence-electron chi connectivity index (χ2n) is 6.71. The van der Waals surface area contributed by atoms with E-state index in [-0.39, 0.29) is 11.0 Å². The Morgan fingerprint density at radius 2 is 1.97 bits per heavy atom. The van der Waals surface area contributed by atoms with E-state index in [9.17, 15) is 9.59 Å². The smallest absolute Gasteiger partial charge is 0.269 e. The van der Waals surface area contributed by atoms with Gasteiger partial charge < -0.3 is 15.4 Å². The molecule has 0 spiro atoms. The number of hydrogen-bond donors (Lipinski definition) is 3. The van der Waals surface area contributed by atoms with Crippen molar-refractivity contribution in [1.29, 1.82) is 0 Å². The number of nitrogens with one attached hydrogen (secondary N) is 3. The Balaban J connectivity index is 1.66. The zero-order valence-corrected chi connectivity index (χ0v) is 19.5. The molecule has 162 valence electrons. The van der Waals surface area contributed by atoms with Crippen LogP contribution in [0.4, 0.5) is 5.69 Å². The molecule has 6 nitrogen and oxygen atoms in total. The van der Waals surface area contributed by atoms with Gasteiger partial charge in [-0.05, 0) is 55.0 Å². The topological polar surface area (TPSA) is 79.5 Å². The van der Waals surface area contributed by atoms with Crippen LogP contribution in [0, 0.1) is 0 Å². The van der Waals surface area contributed by atoms with Crippen LogP contribution in [0.3, 0.4) is 0 Å². The number of thiophene rings is 1. The van der Waals surface area contributed by atoms with Crippen molar-refractivity contribution in [1.82, 2.24) is 10.6 Å². The molecule has 0 aliphatic carbocycles. The van der Waals surface area contributed by atoms with E-state index in [1.54, 1.807) is 37.4 Å². The molecule has 9 heteroatoms. The molecule has 0 aliphatic rings.